The number of ether oxygens (including phenoxy) is 2. The number of benzene rings is 2. The number of rotatable bonds is 5. The van der Waals surface area contributed by atoms with Crippen LogP contribution in [0.4, 0.5) is 0 Å². The predicted octanol–water partition coefficient (Wildman–Crippen LogP) is 3.39. The Balaban J connectivity index is 2.11. The molecule has 0 heterocycles. The van der Waals surface area contributed by atoms with Crippen LogP contribution in [0.5, 0.6) is 11.5 Å². The van der Waals surface area contributed by atoms with E-state index in [9.17, 15) is 0 Å². The van der Waals surface area contributed by atoms with Gasteiger partial charge >= 0.3 is 0 Å². The first-order valence-corrected chi connectivity index (χ1v) is 6.35. The van der Waals surface area contributed by atoms with Gasteiger partial charge in [0.15, 0.2) is 11.5 Å². The Labute approximate surface area is 117 Å². The van der Waals surface area contributed by atoms with Gasteiger partial charge < -0.3 is 15.2 Å². The van der Waals surface area contributed by atoms with Crippen molar-refractivity contribution in [2.45, 2.75) is 13.2 Å². The van der Waals surface area contributed by atoms with Crippen LogP contribution in [-0.4, -0.2) is 7.11 Å². The summed E-state index contributed by atoms with van der Waals surface area (Å²) in [6, 6.07) is 13.3. The van der Waals surface area contributed by atoms with Gasteiger partial charge in [0, 0.05) is 11.6 Å². The summed E-state index contributed by atoms with van der Waals surface area (Å²) in [5.41, 5.74) is 7.61. The fourth-order valence-corrected chi connectivity index (χ4v) is 1.96. The molecule has 2 aromatic rings. The van der Waals surface area contributed by atoms with Crippen molar-refractivity contribution in [2.75, 3.05) is 7.11 Å². The molecule has 0 aliphatic rings. The molecule has 100 valence electrons. The number of methoxy groups -OCH3 is 1. The maximum atomic E-state index is 5.93. The molecule has 0 aliphatic heterocycles. The first-order valence-electron chi connectivity index (χ1n) is 5.97. The van der Waals surface area contributed by atoms with Crippen LogP contribution in [0.2, 0.25) is 5.02 Å². The zero-order valence-corrected chi connectivity index (χ0v) is 11.5. The molecular formula is C15H16ClNO2. The smallest absolute Gasteiger partial charge is 0.161 e. The van der Waals surface area contributed by atoms with E-state index in [0.717, 1.165) is 11.1 Å². The van der Waals surface area contributed by atoms with E-state index >= 15 is 0 Å². The summed E-state index contributed by atoms with van der Waals surface area (Å²) in [5, 5.41) is 0.701. The Morgan fingerprint density at radius 2 is 1.89 bits per heavy atom. The average Bonchev–Trinajstić information content (AvgIpc) is 2.45. The Bertz CT molecular complexity index is 558. The van der Waals surface area contributed by atoms with Gasteiger partial charge in [0.2, 0.25) is 0 Å². The molecule has 4 heteroatoms. The zero-order chi connectivity index (χ0) is 13.7. The number of hydrogen-bond acceptors (Lipinski definition) is 3. The van der Waals surface area contributed by atoms with Crippen molar-refractivity contribution in [3.8, 4) is 11.5 Å². The summed E-state index contributed by atoms with van der Waals surface area (Å²) in [7, 11) is 1.61. The Morgan fingerprint density at radius 3 is 2.58 bits per heavy atom. The van der Waals surface area contributed by atoms with Gasteiger partial charge in [-0.25, -0.2) is 0 Å². The van der Waals surface area contributed by atoms with Gasteiger partial charge in [0.25, 0.3) is 0 Å². The maximum Gasteiger partial charge on any atom is 0.161 e. The minimum Gasteiger partial charge on any atom is -0.493 e. The number of hydrogen-bond donors (Lipinski definition) is 1. The van der Waals surface area contributed by atoms with Crippen LogP contribution in [0.15, 0.2) is 42.5 Å². The lowest BCUT2D eigenvalue weighted by Crippen LogP contribution is -2.00. The van der Waals surface area contributed by atoms with E-state index in [1.165, 1.54) is 0 Å². The van der Waals surface area contributed by atoms with E-state index in [0.29, 0.717) is 29.7 Å². The highest BCUT2D eigenvalue weighted by molar-refractivity contribution is 6.30. The van der Waals surface area contributed by atoms with Crippen molar-refractivity contribution < 1.29 is 9.47 Å². The molecular weight excluding hydrogens is 262 g/mol. The molecule has 0 aromatic heterocycles. The van der Waals surface area contributed by atoms with Gasteiger partial charge in [0.05, 0.1) is 7.11 Å². The summed E-state index contributed by atoms with van der Waals surface area (Å²) in [5.74, 6) is 1.38. The molecule has 2 N–H and O–H groups in total. The normalized spacial score (nSPS) is 10.3. The second-order valence-electron chi connectivity index (χ2n) is 4.11. The molecule has 3 nitrogen and oxygen atoms in total. The molecule has 0 aliphatic carbocycles. The fraction of sp³-hybridized carbons (Fsp3) is 0.200. The average molecular weight is 278 g/mol. The third kappa shape index (κ3) is 3.63. The maximum absolute atomic E-state index is 5.93. The number of halogens is 1. The minimum absolute atomic E-state index is 0.443. The lowest BCUT2D eigenvalue weighted by atomic mass is 10.2. The van der Waals surface area contributed by atoms with E-state index in [-0.39, 0.29) is 0 Å². The summed E-state index contributed by atoms with van der Waals surface area (Å²) in [4.78, 5) is 0. The van der Waals surface area contributed by atoms with Crippen LogP contribution >= 0.6 is 11.6 Å². The van der Waals surface area contributed by atoms with Gasteiger partial charge in [-0.15, -0.1) is 0 Å². The molecule has 0 bridgehead atoms. The van der Waals surface area contributed by atoms with Crippen molar-refractivity contribution in [3.63, 3.8) is 0 Å². The second-order valence-corrected chi connectivity index (χ2v) is 4.54. The molecule has 2 aromatic carbocycles. The van der Waals surface area contributed by atoms with Crippen LogP contribution in [0.25, 0.3) is 0 Å². The van der Waals surface area contributed by atoms with E-state index in [2.05, 4.69) is 0 Å². The predicted molar refractivity (Wildman–Crippen MR) is 76.7 cm³/mol. The second kappa shape index (κ2) is 6.45. The molecule has 0 amide bonds. The summed E-state index contributed by atoms with van der Waals surface area (Å²) < 4.78 is 11.0. The SMILES string of the molecule is COc1cc(CN)ccc1OCc1cccc(Cl)c1. The Hall–Kier alpha value is -1.71. The third-order valence-corrected chi connectivity index (χ3v) is 2.98. The van der Waals surface area contributed by atoms with Gasteiger partial charge in [-0.2, -0.15) is 0 Å². The van der Waals surface area contributed by atoms with Crippen LogP contribution < -0.4 is 15.2 Å². The molecule has 0 radical (unpaired) electrons. The molecule has 0 fully saturated rings. The lowest BCUT2D eigenvalue weighted by Gasteiger charge is -2.12. The highest BCUT2D eigenvalue weighted by Gasteiger charge is 2.05. The van der Waals surface area contributed by atoms with Crippen LogP contribution in [0, 0.1) is 0 Å². The largest absolute Gasteiger partial charge is 0.493 e. The van der Waals surface area contributed by atoms with E-state index in [1.54, 1.807) is 7.11 Å². The standard InChI is InChI=1S/C15H16ClNO2/c1-18-15-8-11(9-17)5-6-14(15)19-10-12-3-2-4-13(16)7-12/h2-8H,9-10,17H2,1H3. The molecule has 0 atom stereocenters. The highest BCUT2D eigenvalue weighted by atomic mass is 35.5. The minimum atomic E-state index is 0.443. The van der Waals surface area contributed by atoms with Crippen LogP contribution in [-0.2, 0) is 13.2 Å². The molecule has 0 saturated heterocycles. The highest BCUT2D eigenvalue weighted by Crippen LogP contribution is 2.28. The van der Waals surface area contributed by atoms with Gasteiger partial charge in [0.1, 0.15) is 6.61 Å². The van der Waals surface area contributed by atoms with Crippen molar-refractivity contribution in [1.82, 2.24) is 0 Å². The van der Waals surface area contributed by atoms with E-state index < -0.39 is 0 Å². The van der Waals surface area contributed by atoms with Gasteiger partial charge in [-0.05, 0) is 35.4 Å². The summed E-state index contributed by atoms with van der Waals surface area (Å²) in [6.07, 6.45) is 0. The number of nitrogens with two attached hydrogens (primary N) is 1. The molecule has 0 unspecified atom stereocenters. The summed E-state index contributed by atoms with van der Waals surface area (Å²) in [6.45, 7) is 0.920. The molecule has 19 heavy (non-hydrogen) atoms. The Kier molecular flexibility index (Phi) is 4.66. The van der Waals surface area contributed by atoms with Gasteiger partial charge in [-0.1, -0.05) is 29.8 Å². The van der Waals surface area contributed by atoms with Crippen LogP contribution in [0.1, 0.15) is 11.1 Å². The van der Waals surface area contributed by atoms with Gasteiger partial charge in [-0.3, -0.25) is 0 Å². The summed E-state index contributed by atoms with van der Waals surface area (Å²) >= 11 is 5.93. The van der Waals surface area contributed by atoms with Crippen molar-refractivity contribution >= 4 is 11.6 Å². The fourth-order valence-electron chi connectivity index (χ4n) is 1.75. The lowest BCUT2D eigenvalue weighted by molar-refractivity contribution is 0.284. The first-order chi connectivity index (χ1) is 9.22. The molecule has 0 saturated carbocycles. The molecule has 0 spiro atoms. The first kappa shape index (κ1) is 13.7. The quantitative estimate of drug-likeness (QED) is 0.911. The van der Waals surface area contributed by atoms with Crippen molar-refractivity contribution in [2.24, 2.45) is 5.73 Å². The van der Waals surface area contributed by atoms with Crippen LogP contribution in [0.3, 0.4) is 0 Å². The van der Waals surface area contributed by atoms with E-state index in [4.69, 9.17) is 26.8 Å². The Morgan fingerprint density at radius 1 is 1.05 bits per heavy atom. The van der Waals surface area contributed by atoms with Crippen molar-refractivity contribution in [3.05, 3.63) is 58.6 Å². The zero-order valence-electron chi connectivity index (χ0n) is 10.7. The van der Waals surface area contributed by atoms with Crippen molar-refractivity contribution in [1.29, 1.82) is 0 Å². The third-order valence-electron chi connectivity index (χ3n) is 2.75. The monoisotopic (exact) mass is 277 g/mol. The topological polar surface area (TPSA) is 44.5 Å². The van der Waals surface area contributed by atoms with E-state index in [1.807, 2.05) is 42.5 Å². The molecule has 2 rings (SSSR count).